The van der Waals surface area contributed by atoms with Crippen molar-refractivity contribution in [2.24, 2.45) is 0 Å². The molecule has 0 saturated heterocycles. The Kier molecular flexibility index (Phi) is 7.55. The third-order valence-corrected chi connectivity index (χ3v) is 7.98. The maximum atomic E-state index is 13.9. The van der Waals surface area contributed by atoms with Crippen LogP contribution in [0.5, 0.6) is 5.75 Å². The molecule has 9 heteroatoms. The normalized spacial score (nSPS) is 14.8. The van der Waals surface area contributed by atoms with Crippen LogP contribution in [0.4, 0.5) is 0 Å². The third-order valence-electron chi connectivity index (χ3n) is 6.42. The van der Waals surface area contributed by atoms with Crippen molar-refractivity contribution in [2.75, 3.05) is 20.2 Å². The minimum atomic E-state index is -0.376. The Morgan fingerprint density at radius 3 is 2.70 bits per heavy atom. The lowest BCUT2D eigenvalue weighted by Gasteiger charge is -2.38. The van der Waals surface area contributed by atoms with Crippen LogP contribution in [0.2, 0.25) is 10.0 Å². The summed E-state index contributed by atoms with van der Waals surface area (Å²) in [6.45, 7) is 0.506. The first-order valence-electron chi connectivity index (χ1n) is 11.7. The van der Waals surface area contributed by atoms with Crippen LogP contribution in [0.3, 0.4) is 0 Å². The smallest absolute Gasteiger partial charge is 0.258 e. The van der Waals surface area contributed by atoms with Gasteiger partial charge >= 0.3 is 0 Å². The molecule has 0 spiro atoms. The zero-order chi connectivity index (χ0) is 25.9. The number of furan rings is 1. The van der Waals surface area contributed by atoms with E-state index in [1.165, 1.54) is 16.9 Å². The van der Waals surface area contributed by atoms with E-state index in [2.05, 4.69) is 0 Å². The molecule has 1 atom stereocenters. The van der Waals surface area contributed by atoms with Crippen LogP contribution < -0.4 is 4.74 Å². The molecule has 0 aliphatic carbocycles. The summed E-state index contributed by atoms with van der Waals surface area (Å²) in [5.41, 5.74) is 2.22. The molecule has 5 rings (SSSR count). The summed E-state index contributed by atoms with van der Waals surface area (Å²) in [7, 11) is 1.51. The maximum absolute atomic E-state index is 13.9. The molecule has 1 aliphatic rings. The molecule has 6 nitrogen and oxygen atoms in total. The highest BCUT2D eigenvalue weighted by atomic mass is 35.5. The minimum absolute atomic E-state index is 0.138. The van der Waals surface area contributed by atoms with Crippen LogP contribution in [0, 0.1) is 0 Å². The molecule has 1 unspecified atom stereocenters. The SMILES string of the molecule is COc1ccccc1C(=O)N(CC(=O)N1CCc2sccc2C1c1ccc(Cl)cc1Cl)Cc1ccco1. The second-order valence-corrected chi connectivity index (χ2v) is 10.5. The van der Waals surface area contributed by atoms with Crippen LogP contribution >= 0.6 is 34.5 Å². The molecule has 0 radical (unpaired) electrons. The fourth-order valence-electron chi connectivity index (χ4n) is 4.68. The van der Waals surface area contributed by atoms with Gasteiger partial charge in [-0.15, -0.1) is 11.3 Å². The van der Waals surface area contributed by atoms with E-state index in [-0.39, 0.29) is 30.9 Å². The molecule has 0 saturated carbocycles. The van der Waals surface area contributed by atoms with Crippen LogP contribution in [-0.4, -0.2) is 41.8 Å². The van der Waals surface area contributed by atoms with Gasteiger partial charge in [-0.3, -0.25) is 9.59 Å². The largest absolute Gasteiger partial charge is 0.496 e. The molecule has 1 aliphatic heterocycles. The second kappa shape index (κ2) is 11.0. The first kappa shape index (κ1) is 25.4. The van der Waals surface area contributed by atoms with Crippen molar-refractivity contribution in [1.82, 2.24) is 9.80 Å². The Labute approximate surface area is 229 Å². The predicted molar refractivity (Wildman–Crippen MR) is 144 cm³/mol. The first-order valence-corrected chi connectivity index (χ1v) is 13.3. The number of carbonyl (C=O) groups is 2. The number of thiophene rings is 1. The van der Waals surface area contributed by atoms with Crippen molar-refractivity contribution in [1.29, 1.82) is 0 Å². The lowest BCUT2D eigenvalue weighted by Crippen LogP contribution is -2.46. The summed E-state index contributed by atoms with van der Waals surface area (Å²) < 4.78 is 10.9. The van der Waals surface area contributed by atoms with Gasteiger partial charge < -0.3 is 19.0 Å². The van der Waals surface area contributed by atoms with Gasteiger partial charge in [-0.2, -0.15) is 0 Å². The van der Waals surface area contributed by atoms with E-state index in [9.17, 15) is 9.59 Å². The lowest BCUT2D eigenvalue weighted by atomic mass is 9.93. The second-order valence-electron chi connectivity index (χ2n) is 8.65. The number of rotatable bonds is 7. The number of nitrogens with zero attached hydrogens (tertiary/aromatic N) is 2. The quantitative estimate of drug-likeness (QED) is 0.262. The molecule has 3 heterocycles. The van der Waals surface area contributed by atoms with E-state index in [0.717, 1.165) is 17.5 Å². The number of hydrogen-bond donors (Lipinski definition) is 0. The van der Waals surface area contributed by atoms with Gasteiger partial charge in [-0.25, -0.2) is 0 Å². The number of amides is 2. The van der Waals surface area contributed by atoms with Crippen molar-refractivity contribution in [2.45, 2.75) is 19.0 Å². The van der Waals surface area contributed by atoms with Gasteiger partial charge in [-0.1, -0.05) is 41.4 Å². The van der Waals surface area contributed by atoms with Crippen LogP contribution in [0.15, 0.2) is 76.7 Å². The highest BCUT2D eigenvalue weighted by Gasteiger charge is 2.35. The van der Waals surface area contributed by atoms with Gasteiger partial charge in [-0.05, 0) is 65.4 Å². The van der Waals surface area contributed by atoms with Crippen LogP contribution in [0.25, 0.3) is 0 Å². The molecule has 4 aromatic rings. The molecule has 2 aromatic carbocycles. The first-order chi connectivity index (χ1) is 18.0. The number of benzene rings is 2. The Hall–Kier alpha value is -3.26. The summed E-state index contributed by atoms with van der Waals surface area (Å²) in [4.78, 5) is 32.1. The molecule has 0 fully saturated rings. The van der Waals surface area contributed by atoms with Gasteiger partial charge in [0.2, 0.25) is 5.91 Å². The minimum Gasteiger partial charge on any atom is -0.496 e. The van der Waals surface area contributed by atoms with E-state index in [1.807, 2.05) is 17.5 Å². The van der Waals surface area contributed by atoms with Crippen molar-refractivity contribution < 1.29 is 18.7 Å². The number of para-hydroxylation sites is 1. The average Bonchev–Trinajstić information content (AvgIpc) is 3.59. The summed E-state index contributed by atoms with van der Waals surface area (Å²) >= 11 is 14.5. The maximum Gasteiger partial charge on any atom is 0.258 e. The number of hydrogen-bond acceptors (Lipinski definition) is 5. The van der Waals surface area contributed by atoms with E-state index in [1.54, 1.807) is 71.0 Å². The van der Waals surface area contributed by atoms with Gasteiger partial charge in [0.05, 0.1) is 31.5 Å². The summed E-state index contributed by atoms with van der Waals surface area (Å²) in [5.74, 6) is 0.502. The predicted octanol–water partition coefficient (Wildman–Crippen LogP) is 6.47. The number of carbonyl (C=O) groups excluding carboxylic acids is 2. The molecule has 190 valence electrons. The Morgan fingerprint density at radius 2 is 1.95 bits per heavy atom. The number of halogens is 2. The van der Waals surface area contributed by atoms with E-state index in [0.29, 0.717) is 33.7 Å². The fourth-order valence-corrected chi connectivity index (χ4v) is 6.10. The fraction of sp³-hybridized carbons (Fsp3) is 0.214. The van der Waals surface area contributed by atoms with E-state index in [4.69, 9.17) is 32.4 Å². The topological polar surface area (TPSA) is 63.0 Å². The number of ether oxygens (including phenoxy) is 1. The van der Waals surface area contributed by atoms with Crippen molar-refractivity contribution in [3.05, 3.63) is 110 Å². The Balaban J connectivity index is 1.48. The van der Waals surface area contributed by atoms with E-state index < -0.39 is 0 Å². The molecule has 2 aromatic heterocycles. The van der Waals surface area contributed by atoms with Crippen molar-refractivity contribution >= 4 is 46.4 Å². The molecule has 2 amide bonds. The van der Waals surface area contributed by atoms with Gasteiger partial charge in [0, 0.05) is 21.5 Å². The van der Waals surface area contributed by atoms with E-state index >= 15 is 0 Å². The zero-order valence-electron chi connectivity index (χ0n) is 20.0. The molecule has 37 heavy (non-hydrogen) atoms. The number of methoxy groups -OCH3 is 1. The summed E-state index contributed by atoms with van der Waals surface area (Å²) in [6.07, 6.45) is 2.28. The molecular weight excluding hydrogens is 531 g/mol. The molecular formula is C28H24Cl2N2O4S. The monoisotopic (exact) mass is 554 g/mol. The summed E-state index contributed by atoms with van der Waals surface area (Å²) in [5, 5.41) is 3.05. The average molecular weight is 555 g/mol. The van der Waals surface area contributed by atoms with Gasteiger partial charge in [0.1, 0.15) is 18.1 Å². The third kappa shape index (κ3) is 5.25. The van der Waals surface area contributed by atoms with Crippen LogP contribution in [0.1, 0.15) is 38.2 Å². The van der Waals surface area contributed by atoms with Gasteiger partial charge in [0.25, 0.3) is 5.91 Å². The van der Waals surface area contributed by atoms with Gasteiger partial charge in [0.15, 0.2) is 0 Å². The standard InChI is InChI=1S/C28H24Cl2N2O4S/c1-35-24-7-3-2-6-21(24)28(34)31(16-19-5-4-13-36-19)17-26(33)32-12-10-25-22(11-14-37-25)27(32)20-9-8-18(29)15-23(20)30/h2-9,11,13-15,27H,10,12,16-17H2,1H3. The van der Waals surface area contributed by atoms with Crippen LogP contribution in [-0.2, 0) is 17.8 Å². The highest BCUT2D eigenvalue weighted by molar-refractivity contribution is 7.10. The Morgan fingerprint density at radius 1 is 1.11 bits per heavy atom. The number of fused-ring (bicyclic) bond motifs is 1. The van der Waals surface area contributed by atoms with Crippen molar-refractivity contribution in [3.63, 3.8) is 0 Å². The summed E-state index contributed by atoms with van der Waals surface area (Å²) in [6, 6.07) is 17.5. The molecule has 0 N–H and O–H groups in total. The molecule has 0 bridgehead atoms. The highest BCUT2D eigenvalue weighted by Crippen LogP contribution is 2.41. The van der Waals surface area contributed by atoms with Crippen molar-refractivity contribution in [3.8, 4) is 5.75 Å². The Bertz CT molecular complexity index is 1420. The lowest BCUT2D eigenvalue weighted by molar-refractivity contribution is -0.134. The zero-order valence-corrected chi connectivity index (χ0v) is 22.4.